The van der Waals surface area contributed by atoms with E-state index in [0.717, 1.165) is 23.2 Å². The first kappa shape index (κ1) is 24.0. The number of halogens is 1. The van der Waals surface area contributed by atoms with E-state index in [1.807, 2.05) is 66.4 Å². The summed E-state index contributed by atoms with van der Waals surface area (Å²) in [6, 6.07) is 17.5. The number of thioether (sulfide) groups is 1. The highest BCUT2D eigenvalue weighted by molar-refractivity contribution is 8.00. The number of carbonyl (C=O) groups excluding carboxylic acids is 2. The van der Waals surface area contributed by atoms with E-state index in [0.29, 0.717) is 19.6 Å². The second-order valence-electron chi connectivity index (χ2n) is 6.35. The molecule has 3 N–H and O–H groups in total. The normalized spacial score (nSPS) is 10.1. The van der Waals surface area contributed by atoms with E-state index < -0.39 is 0 Å². The number of nitrogens with one attached hydrogen (secondary N) is 1. The Morgan fingerprint density at radius 2 is 1.71 bits per heavy atom. The molecule has 0 fully saturated rings. The number of hydrogen-bond acceptors (Lipinski definition) is 4. The highest BCUT2D eigenvalue weighted by atomic mass is 35.5. The maximum Gasteiger partial charge on any atom is 0.234 e. The molecule has 0 heterocycles. The summed E-state index contributed by atoms with van der Waals surface area (Å²) in [5.74, 6) is 0.447. The fourth-order valence-corrected chi connectivity index (χ4v) is 3.25. The van der Waals surface area contributed by atoms with E-state index >= 15 is 0 Å². The van der Waals surface area contributed by atoms with Crippen molar-refractivity contribution in [2.45, 2.75) is 19.9 Å². The predicted molar refractivity (Wildman–Crippen MR) is 120 cm³/mol. The molecule has 0 aliphatic carbocycles. The average Bonchev–Trinajstić information content (AvgIpc) is 2.67. The van der Waals surface area contributed by atoms with Crippen molar-refractivity contribution in [1.29, 1.82) is 0 Å². The van der Waals surface area contributed by atoms with Crippen molar-refractivity contribution in [1.82, 2.24) is 4.90 Å². The van der Waals surface area contributed by atoms with Gasteiger partial charge in [0.25, 0.3) is 0 Å². The van der Waals surface area contributed by atoms with Crippen molar-refractivity contribution in [2.75, 3.05) is 29.9 Å². The maximum atomic E-state index is 12.6. The van der Waals surface area contributed by atoms with Gasteiger partial charge in [0.05, 0.1) is 11.5 Å². The molecule has 5 nitrogen and oxygen atoms in total. The minimum Gasteiger partial charge on any atom is -0.338 e. The molecule has 2 rings (SSSR count). The first-order valence-corrected chi connectivity index (χ1v) is 10.2. The molecule has 2 aromatic rings. The summed E-state index contributed by atoms with van der Waals surface area (Å²) < 4.78 is 0. The molecular formula is C21H28ClN3O2S. The molecule has 0 aliphatic rings. The van der Waals surface area contributed by atoms with Gasteiger partial charge >= 0.3 is 0 Å². The third-order valence-corrected chi connectivity index (χ3v) is 4.91. The summed E-state index contributed by atoms with van der Waals surface area (Å²) in [5.41, 5.74) is 8.60. The summed E-state index contributed by atoms with van der Waals surface area (Å²) in [6.07, 6.45) is 0.761. The van der Waals surface area contributed by atoms with Gasteiger partial charge in [-0.15, -0.1) is 24.2 Å². The Balaban J connectivity index is 0.00000392. The van der Waals surface area contributed by atoms with Crippen LogP contribution in [0, 0.1) is 6.92 Å². The van der Waals surface area contributed by atoms with Crippen LogP contribution in [-0.2, 0) is 16.1 Å². The van der Waals surface area contributed by atoms with Crippen LogP contribution in [0.3, 0.4) is 0 Å². The summed E-state index contributed by atoms with van der Waals surface area (Å²) in [6.45, 7) is 3.74. The number of aryl methyl sites for hydroxylation is 1. The van der Waals surface area contributed by atoms with E-state index in [4.69, 9.17) is 5.73 Å². The molecule has 0 aromatic heterocycles. The van der Waals surface area contributed by atoms with Crippen LogP contribution in [0.2, 0.25) is 0 Å². The highest BCUT2D eigenvalue weighted by Gasteiger charge is 2.14. The number of nitrogens with two attached hydrogens (primary N) is 1. The second-order valence-corrected chi connectivity index (χ2v) is 7.34. The minimum absolute atomic E-state index is 0. The Bertz CT molecular complexity index is 726. The number of hydrogen-bond donors (Lipinski definition) is 2. The molecular weight excluding hydrogens is 394 g/mol. The van der Waals surface area contributed by atoms with Gasteiger partial charge in [-0.1, -0.05) is 48.0 Å². The van der Waals surface area contributed by atoms with E-state index in [9.17, 15) is 9.59 Å². The summed E-state index contributed by atoms with van der Waals surface area (Å²) in [7, 11) is 0. The lowest BCUT2D eigenvalue weighted by atomic mass is 10.2. The summed E-state index contributed by atoms with van der Waals surface area (Å²) in [4.78, 5) is 26.4. The Morgan fingerprint density at radius 1 is 1.04 bits per heavy atom. The molecule has 0 unspecified atom stereocenters. The fourth-order valence-electron chi connectivity index (χ4n) is 2.53. The minimum atomic E-state index is -0.103. The van der Waals surface area contributed by atoms with Gasteiger partial charge in [0.1, 0.15) is 0 Å². The van der Waals surface area contributed by atoms with Crippen molar-refractivity contribution >= 4 is 41.7 Å². The van der Waals surface area contributed by atoms with E-state index in [2.05, 4.69) is 5.32 Å². The molecule has 0 saturated heterocycles. The molecule has 0 spiro atoms. The fraction of sp³-hybridized carbons (Fsp3) is 0.333. The molecule has 7 heteroatoms. The van der Waals surface area contributed by atoms with Gasteiger partial charge in [-0.25, -0.2) is 0 Å². The highest BCUT2D eigenvalue weighted by Crippen LogP contribution is 2.11. The van der Waals surface area contributed by atoms with Crippen molar-refractivity contribution in [3.05, 3.63) is 65.7 Å². The molecule has 0 saturated carbocycles. The van der Waals surface area contributed by atoms with Gasteiger partial charge in [0.15, 0.2) is 0 Å². The van der Waals surface area contributed by atoms with Crippen molar-refractivity contribution in [3.8, 4) is 0 Å². The quantitative estimate of drug-likeness (QED) is 0.616. The third kappa shape index (κ3) is 8.78. The SMILES string of the molecule is Cc1ccc(NC(=O)CSCC(=O)N(CCCN)Cc2ccccc2)cc1.Cl. The van der Waals surface area contributed by atoms with Crippen molar-refractivity contribution in [3.63, 3.8) is 0 Å². The molecule has 2 amide bonds. The van der Waals surface area contributed by atoms with Crippen LogP contribution in [0.1, 0.15) is 17.5 Å². The zero-order chi connectivity index (χ0) is 19.5. The van der Waals surface area contributed by atoms with Crippen LogP contribution in [0.4, 0.5) is 5.69 Å². The molecule has 0 bridgehead atoms. The molecule has 2 aromatic carbocycles. The van der Waals surface area contributed by atoms with Gasteiger partial charge in [-0.2, -0.15) is 0 Å². The van der Waals surface area contributed by atoms with Crippen molar-refractivity contribution < 1.29 is 9.59 Å². The van der Waals surface area contributed by atoms with Crippen LogP contribution in [-0.4, -0.2) is 41.3 Å². The van der Waals surface area contributed by atoms with Crippen LogP contribution < -0.4 is 11.1 Å². The third-order valence-electron chi connectivity index (χ3n) is 4.00. The number of benzene rings is 2. The number of carbonyl (C=O) groups is 2. The van der Waals surface area contributed by atoms with Gasteiger partial charge in [-0.05, 0) is 37.6 Å². The molecule has 28 heavy (non-hydrogen) atoms. The number of anilines is 1. The van der Waals surface area contributed by atoms with E-state index in [1.165, 1.54) is 11.8 Å². The molecule has 0 radical (unpaired) electrons. The first-order chi connectivity index (χ1) is 13.1. The zero-order valence-corrected chi connectivity index (χ0v) is 17.7. The standard InChI is InChI=1S/C21H27N3O2S.ClH/c1-17-8-10-19(11-9-17)23-20(25)15-27-16-21(26)24(13-5-12-22)14-18-6-3-2-4-7-18;/h2-4,6-11H,5,12-16,22H2,1H3,(H,23,25);1H. The number of nitrogens with zero attached hydrogens (tertiary/aromatic N) is 1. The van der Waals surface area contributed by atoms with Crippen LogP contribution in [0.15, 0.2) is 54.6 Å². The van der Waals surface area contributed by atoms with Crippen LogP contribution in [0.25, 0.3) is 0 Å². The monoisotopic (exact) mass is 421 g/mol. The maximum absolute atomic E-state index is 12.6. The largest absolute Gasteiger partial charge is 0.338 e. The Kier molecular flexibility index (Phi) is 11.3. The van der Waals surface area contributed by atoms with Gasteiger partial charge in [0, 0.05) is 18.8 Å². The molecule has 0 aliphatic heterocycles. The summed E-state index contributed by atoms with van der Waals surface area (Å²) >= 11 is 1.33. The summed E-state index contributed by atoms with van der Waals surface area (Å²) in [5, 5.41) is 2.85. The Labute approximate surface area is 177 Å². The number of rotatable bonds is 10. The van der Waals surface area contributed by atoms with Crippen LogP contribution in [0.5, 0.6) is 0 Å². The zero-order valence-electron chi connectivity index (χ0n) is 16.1. The lowest BCUT2D eigenvalue weighted by Crippen LogP contribution is -2.34. The Hall–Kier alpha value is -2.02. The topological polar surface area (TPSA) is 75.4 Å². The second kappa shape index (κ2) is 13.2. The average molecular weight is 422 g/mol. The van der Waals surface area contributed by atoms with Crippen LogP contribution >= 0.6 is 24.2 Å². The molecule has 0 atom stereocenters. The first-order valence-electron chi connectivity index (χ1n) is 9.04. The smallest absolute Gasteiger partial charge is 0.234 e. The van der Waals surface area contributed by atoms with Crippen molar-refractivity contribution in [2.24, 2.45) is 5.73 Å². The lowest BCUT2D eigenvalue weighted by molar-refractivity contribution is -0.129. The number of amides is 2. The van der Waals surface area contributed by atoms with E-state index in [-0.39, 0.29) is 35.7 Å². The molecule has 152 valence electrons. The van der Waals surface area contributed by atoms with E-state index in [1.54, 1.807) is 0 Å². The van der Waals surface area contributed by atoms with Gasteiger partial charge in [-0.3, -0.25) is 9.59 Å². The van der Waals surface area contributed by atoms with Gasteiger partial charge < -0.3 is 16.0 Å². The predicted octanol–water partition coefficient (Wildman–Crippen LogP) is 3.47. The lowest BCUT2D eigenvalue weighted by Gasteiger charge is -2.22. The van der Waals surface area contributed by atoms with Gasteiger partial charge in [0.2, 0.25) is 11.8 Å². The Morgan fingerprint density at radius 3 is 2.36 bits per heavy atom.